The first-order chi connectivity index (χ1) is 10.4. The predicted octanol–water partition coefficient (Wildman–Crippen LogP) is 6.76. The van der Waals surface area contributed by atoms with E-state index >= 15 is 0 Å². The van der Waals surface area contributed by atoms with E-state index in [0.29, 0.717) is 16.2 Å². The lowest BCUT2D eigenvalue weighted by Gasteiger charge is -2.54. The molecule has 2 saturated carbocycles. The molecule has 0 saturated heterocycles. The van der Waals surface area contributed by atoms with Crippen molar-refractivity contribution in [1.29, 1.82) is 0 Å². The van der Waals surface area contributed by atoms with Gasteiger partial charge in [0.15, 0.2) is 0 Å². The highest BCUT2D eigenvalue weighted by atomic mass is 14.9. The summed E-state index contributed by atoms with van der Waals surface area (Å²) in [7, 11) is 0. The largest absolute Gasteiger partial charge is 0.0673 e. The van der Waals surface area contributed by atoms with Crippen molar-refractivity contribution in [2.75, 3.05) is 0 Å². The summed E-state index contributed by atoms with van der Waals surface area (Å²) in [5.74, 6) is 2.88. The van der Waals surface area contributed by atoms with Crippen molar-refractivity contribution in [2.24, 2.45) is 34.0 Å². The Morgan fingerprint density at radius 2 is 1.50 bits per heavy atom. The average molecular weight is 301 g/mol. The summed E-state index contributed by atoms with van der Waals surface area (Å²) in [5, 5.41) is 0. The zero-order valence-electron chi connectivity index (χ0n) is 15.6. The average Bonchev–Trinajstić information content (AvgIpc) is 2.83. The van der Waals surface area contributed by atoms with Crippen molar-refractivity contribution in [3.05, 3.63) is 11.1 Å². The second kappa shape index (κ2) is 4.64. The van der Waals surface area contributed by atoms with Crippen LogP contribution in [0.15, 0.2) is 11.1 Å². The van der Waals surface area contributed by atoms with Crippen molar-refractivity contribution in [3.63, 3.8) is 0 Å². The molecule has 124 valence electrons. The van der Waals surface area contributed by atoms with Gasteiger partial charge in [-0.05, 0) is 78.9 Å². The Labute approximate surface area is 138 Å². The number of allylic oxidation sites excluding steroid dienone is 2. The molecule has 4 rings (SSSR count). The summed E-state index contributed by atoms with van der Waals surface area (Å²) in [6, 6.07) is 0. The van der Waals surface area contributed by atoms with Gasteiger partial charge in [-0.2, -0.15) is 0 Å². The van der Waals surface area contributed by atoms with Gasteiger partial charge in [-0.1, -0.05) is 58.6 Å². The summed E-state index contributed by atoms with van der Waals surface area (Å²) < 4.78 is 0. The number of hydrogen-bond acceptors (Lipinski definition) is 0. The molecule has 0 heterocycles. The van der Waals surface area contributed by atoms with Crippen molar-refractivity contribution < 1.29 is 0 Å². The van der Waals surface area contributed by atoms with Gasteiger partial charge in [0.2, 0.25) is 0 Å². The van der Waals surface area contributed by atoms with Crippen LogP contribution in [0.3, 0.4) is 0 Å². The van der Waals surface area contributed by atoms with E-state index in [4.69, 9.17) is 0 Å². The normalized spacial score (nSPS) is 40.5. The third-order valence-electron chi connectivity index (χ3n) is 9.22. The molecule has 2 bridgehead atoms. The SMILES string of the molecule is CCCC1C2=C(CCCC2)C2CCCC1C21C(C)(C)C1(C)C. The van der Waals surface area contributed by atoms with E-state index in [-0.39, 0.29) is 0 Å². The van der Waals surface area contributed by atoms with Crippen LogP contribution in [0.4, 0.5) is 0 Å². The second-order valence-corrected chi connectivity index (χ2v) is 9.86. The maximum absolute atomic E-state index is 2.61. The summed E-state index contributed by atoms with van der Waals surface area (Å²) in [6.07, 6.45) is 13.2. The third-order valence-corrected chi connectivity index (χ3v) is 9.22. The molecule has 3 unspecified atom stereocenters. The molecule has 0 aliphatic heterocycles. The van der Waals surface area contributed by atoms with Crippen molar-refractivity contribution in [3.8, 4) is 0 Å². The van der Waals surface area contributed by atoms with Crippen LogP contribution >= 0.6 is 0 Å². The zero-order chi connectivity index (χ0) is 15.8. The Kier molecular flexibility index (Phi) is 3.22. The van der Waals surface area contributed by atoms with Gasteiger partial charge in [-0.25, -0.2) is 0 Å². The summed E-state index contributed by atoms with van der Waals surface area (Å²) in [5.41, 5.74) is 5.68. The molecule has 0 aromatic rings. The molecule has 0 aromatic carbocycles. The molecular formula is C22H36. The minimum atomic E-state index is 0.539. The maximum Gasteiger partial charge on any atom is -0.00849 e. The van der Waals surface area contributed by atoms with Gasteiger partial charge in [-0.3, -0.25) is 0 Å². The highest BCUT2D eigenvalue weighted by Gasteiger charge is 2.83. The number of rotatable bonds is 2. The van der Waals surface area contributed by atoms with Gasteiger partial charge >= 0.3 is 0 Å². The van der Waals surface area contributed by atoms with Gasteiger partial charge in [0.1, 0.15) is 0 Å². The van der Waals surface area contributed by atoms with Crippen molar-refractivity contribution in [1.82, 2.24) is 0 Å². The van der Waals surface area contributed by atoms with Gasteiger partial charge in [-0.15, -0.1) is 0 Å². The molecule has 0 radical (unpaired) electrons. The Morgan fingerprint density at radius 1 is 0.864 bits per heavy atom. The number of fused-ring (bicyclic) bond motifs is 1. The van der Waals surface area contributed by atoms with Crippen LogP contribution in [0.25, 0.3) is 0 Å². The molecule has 0 aromatic heterocycles. The zero-order valence-corrected chi connectivity index (χ0v) is 15.6. The number of hydrogen-bond donors (Lipinski definition) is 0. The van der Waals surface area contributed by atoms with Crippen molar-refractivity contribution >= 4 is 0 Å². The Morgan fingerprint density at radius 3 is 2.09 bits per heavy atom. The van der Waals surface area contributed by atoms with Crippen LogP contribution in [0, 0.1) is 34.0 Å². The lowest BCUT2D eigenvalue weighted by Crippen LogP contribution is -2.46. The fourth-order valence-corrected chi connectivity index (χ4v) is 8.12. The minimum Gasteiger partial charge on any atom is -0.0673 e. The fourth-order valence-electron chi connectivity index (χ4n) is 8.12. The van der Waals surface area contributed by atoms with E-state index in [9.17, 15) is 0 Å². The molecule has 0 nitrogen and oxygen atoms in total. The van der Waals surface area contributed by atoms with Crippen LogP contribution < -0.4 is 0 Å². The van der Waals surface area contributed by atoms with E-state index in [1.54, 1.807) is 0 Å². The first-order valence-electron chi connectivity index (χ1n) is 10.1. The lowest BCUT2D eigenvalue weighted by atomic mass is 9.50. The maximum atomic E-state index is 2.61. The van der Waals surface area contributed by atoms with Crippen LogP contribution in [0.2, 0.25) is 0 Å². The smallest absolute Gasteiger partial charge is 0.00849 e. The van der Waals surface area contributed by atoms with E-state index < -0.39 is 0 Å². The highest BCUT2D eigenvalue weighted by molar-refractivity contribution is 5.41. The standard InChI is InChI=1S/C22H36/c1-6-10-16-15-11-7-8-12-17(15)19-14-9-13-18(16)22(19)20(2,3)21(22,4)5/h16,18-19H,6-14H2,1-5H3. The highest BCUT2D eigenvalue weighted by Crippen LogP contribution is 2.88. The minimum absolute atomic E-state index is 0.539. The van der Waals surface area contributed by atoms with Gasteiger partial charge < -0.3 is 0 Å². The predicted molar refractivity (Wildman–Crippen MR) is 94.7 cm³/mol. The Bertz CT molecular complexity index is 490. The van der Waals surface area contributed by atoms with Gasteiger partial charge in [0.05, 0.1) is 0 Å². The van der Waals surface area contributed by atoms with E-state index in [2.05, 4.69) is 34.6 Å². The first-order valence-corrected chi connectivity index (χ1v) is 10.1. The molecule has 4 aliphatic rings. The van der Waals surface area contributed by atoms with Crippen LogP contribution in [0.5, 0.6) is 0 Å². The monoisotopic (exact) mass is 300 g/mol. The summed E-state index contributed by atoms with van der Waals surface area (Å²) in [6.45, 7) is 12.8. The molecule has 0 heteroatoms. The van der Waals surface area contributed by atoms with Crippen LogP contribution in [-0.4, -0.2) is 0 Å². The lowest BCUT2D eigenvalue weighted by molar-refractivity contribution is 0.0307. The van der Waals surface area contributed by atoms with E-state index in [1.165, 1.54) is 57.8 Å². The summed E-state index contributed by atoms with van der Waals surface area (Å²) >= 11 is 0. The molecule has 1 spiro atoms. The van der Waals surface area contributed by atoms with Crippen molar-refractivity contribution in [2.45, 2.75) is 92.4 Å². The molecule has 0 N–H and O–H groups in total. The fraction of sp³-hybridized carbons (Fsp3) is 0.909. The topological polar surface area (TPSA) is 0 Å². The molecular weight excluding hydrogens is 264 g/mol. The summed E-state index contributed by atoms with van der Waals surface area (Å²) in [4.78, 5) is 0. The first kappa shape index (κ1) is 15.3. The molecule has 22 heavy (non-hydrogen) atoms. The Balaban J connectivity index is 1.88. The third kappa shape index (κ3) is 1.47. The quantitative estimate of drug-likeness (QED) is 0.494. The molecule has 0 amide bonds. The molecule has 3 atom stereocenters. The van der Waals surface area contributed by atoms with E-state index in [1.807, 2.05) is 11.1 Å². The van der Waals surface area contributed by atoms with Gasteiger partial charge in [0.25, 0.3) is 0 Å². The van der Waals surface area contributed by atoms with E-state index in [0.717, 1.165) is 17.8 Å². The van der Waals surface area contributed by atoms with Crippen LogP contribution in [0.1, 0.15) is 92.4 Å². The Hall–Kier alpha value is -0.260. The second-order valence-electron chi connectivity index (χ2n) is 9.86. The van der Waals surface area contributed by atoms with Crippen LogP contribution in [-0.2, 0) is 0 Å². The molecule has 4 aliphatic carbocycles. The molecule has 2 fully saturated rings. The van der Waals surface area contributed by atoms with Gasteiger partial charge in [0, 0.05) is 0 Å².